The molecule has 29 heavy (non-hydrogen) atoms. The summed E-state index contributed by atoms with van der Waals surface area (Å²) in [5.41, 5.74) is 2.73. The van der Waals surface area contributed by atoms with E-state index in [-0.39, 0.29) is 36.6 Å². The average molecular weight is 393 g/mol. The second-order valence-electron chi connectivity index (χ2n) is 6.90. The van der Waals surface area contributed by atoms with Crippen LogP contribution in [-0.4, -0.2) is 41.6 Å². The van der Waals surface area contributed by atoms with E-state index in [2.05, 4.69) is 10.6 Å². The SMILES string of the molecule is CCNC(=O)c1cccc(NC(=O)CCCN2C(=O)c3ccc(C)cc3C2=O)c1. The van der Waals surface area contributed by atoms with Gasteiger partial charge in [0.2, 0.25) is 5.91 Å². The third-order valence-electron chi connectivity index (χ3n) is 4.66. The molecule has 7 heteroatoms. The zero-order chi connectivity index (χ0) is 21.0. The van der Waals surface area contributed by atoms with Crippen LogP contribution in [0, 0.1) is 6.92 Å². The summed E-state index contributed by atoms with van der Waals surface area (Å²) in [5.74, 6) is -1.08. The normalized spacial score (nSPS) is 12.7. The van der Waals surface area contributed by atoms with Crippen LogP contribution in [0.3, 0.4) is 0 Å². The number of aryl methyl sites for hydroxylation is 1. The van der Waals surface area contributed by atoms with Gasteiger partial charge < -0.3 is 10.6 Å². The molecular weight excluding hydrogens is 370 g/mol. The predicted octanol–water partition coefficient (Wildman–Crippen LogP) is 2.76. The molecule has 0 unspecified atom stereocenters. The topological polar surface area (TPSA) is 95.6 Å². The fourth-order valence-corrected chi connectivity index (χ4v) is 3.23. The van der Waals surface area contributed by atoms with Crippen LogP contribution in [0.25, 0.3) is 0 Å². The average Bonchev–Trinajstić information content (AvgIpc) is 2.92. The summed E-state index contributed by atoms with van der Waals surface area (Å²) >= 11 is 0. The molecule has 1 heterocycles. The molecule has 1 aliphatic heterocycles. The van der Waals surface area contributed by atoms with Crippen molar-refractivity contribution in [2.45, 2.75) is 26.7 Å². The Morgan fingerprint density at radius 2 is 1.76 bits per heavy atom. The maximum atomic E-state index is 12.4. The Hall–Kier alpha value is -3.48. The molecule has 2 aromatic rings. The highest BCUT2D eigenvalue weighted by atomic mass is 16.2. The molecule has 0 saturated heterocycles. The molecule has 4 amide bonds. The molecule has 0 saturated carbocycles. The molecule has 0 radical (unpaired) electrons. The van der Waals surface area contributed by atoms with Crippen molar-refractivity contribution in [2.75, 3.05) is 18.4 Å². The van der Waals surface area contributed by atoms with Gasteiger partial charge in [0.15, 0.2) is 0 Å². The van der Waals surface area contributed by atoms with Gasteiger partial charge in [-0.05, 0) is 50.6 Å². The van der Waals surface area contributed by atoms with Gasteiger partial charge in [-0.3, -0.25) is 24.1 Å². The van der Waals surface area contributed by atoms with Gasteiger partial charge in [0.25, 0.3) is 17.7 Å². The van der Waals surface area contributed by atoms with Gasteiger partial charge in [-0.15, -0.1) is 0 Å². The Kier molecular flexibility index (Phi) is 6.07. The van der Waals surface area contributed by atoms with Gasteiger partial charge in [0, 0.05) is 30.8 Å². The molecule has 7 nitrogen and oxygen atoms in total. The van der Waals surface area contributed by atoms with Crippen LogP contribution in [0.1, 0.15) is 56.4 Å². The summed E-state index contributed by atoms with van der Waals surface area (Å²) in [6.45, 7) is 4.40. The van der Waals surface area contributed by atoms with E-state index in [0.717, 1.165) is 5.56 Å². The van der Waals surface area contributed by atoms with Crippen molar-refractivity contribution in [1.29, 1.82) is 0 Å². The molecule has 0 bridgehead atoms. The number of hydrogen-bond acceptors (Lipinski definition) is 4. The largest absolute Gasteiger partial charge is 0.352 e. The van der Waals surface area contributed by atoms with Gasteiger partial charge in [0.1, 0.15) is 0 Å². The molecule has 2 aromatic carbocycles. The number of nitrogens with zero attached hydrogens (tertiary/aromatic N) is 1. The maximum Gasteiger partial charge on any atom is 0.261 e. The number of imide groups is 1. The molecule has 0 aromatic heterocycles. The van der Waals surface area contributed by atoms with Gasteiger partial charge >= 0.3 is 0 Å². The quantitative estimate of drug-likeness (QED) is 0.707. The minimum atomic E-state index is -0.319. The lowest BCUT2D eigenvalue weighted by molar-refractivity contribution is -0.116. The van der Waals surface area contributed by atoms with Crippen molar-refractivity contribution >= 4 is 29.3 Å². The highest BCUT2D eigenvalue weighted by molar-refractivity contribution is 6.21. The second-order valence-corrected chi connectivity index (χ2v) is 6.90. The van der Waals surface area contributed by atoms with E-state index in [0.29, 0.717) is 35.3 Å². The lowest BCUT2D eigenvalue weighted by Gasteiger charge is -2.13. The van der Waals surface area contributed by atoms with Gasteiger partial charge in [-0.25, -0.2) is 0 Å². The Bertz CT molecular complexity index is 984. The molecule has 2 N–H and O–H groups in total. The zero-order valence-corrected chi connectivity index (χ0v) is 16.5. The molecule has 0 fully saturated rings. The minimum Gasteiger partial charge on any atom is -0.352 e. The zero-order valence-electron chi connectivity index (χ0n) is 16.5. The fourth-order valence-electron chi connectivity index (χ4n) is 3.23. The third kappa shape index (κ3) is 4.51. The fraction of sp³-hybridized carbons (Fsp3) is 0.273. The summed E-state index contributed by atoms with van der Waals surface area (Å²) in [4.78, 5) is 50.1. The van der Waals surface area contributed by atoms with Crippen LogP contribution in [0.5, 0.6) is 0 Å². The molecule has 1 aliphatic rings. The second kappa shape index (κ2) is 8.68. The van der Waals surface area contributed by atoms with Crippen molar-refractivity contribution < 1.29 is 19.2 Å². The van der Waals surface area contributed by atoms with Crippen molar-refractivity contribution in [1.82, 2.24) is 10.2 Å². The number of hydrogen-bond donors (Lipinski definition) is 2. The first-order chi connectivity index (χ1) is 13.9. The molecule has 0 atom stereocenters. The molecule has 0 aliphatic carbocycles. The van der Waals surface area contributed by atoms with E-state index in [1.165, 1.54) is 4.90 Å². The number of benzene rings is 2. The van der Waals surface area contributed by atoms with Crippen LogP contribution in [-0.2, 0) is 4.79 Å². The highest BCUT2D eigenvalue weighted by Crippen LogP contribution is 2.24. The first kappa shape index (κ1) is 20.3. The Morgan fingerprint density at radius 3 is 2.52 bits per heavy atom. The van der Waals surface area contributed by atoms with E-state index in [1.807, 2.05) is 13.8 Å². The molecule has 0 spiro atoms. The summed E-state index contributed by atoms with van der Waals surface area (Å²) < 4.78 is 0. The highest BCUT2D eigenvalue weighted by Gasteiger charge is 2.34. The van der Waals surface area contributed by atoms with Crippen LogP contribution in [0.4, 0.5) is 5.69 Å². The van der Waals surface area contributed by atoms with Crippen LogP contribution >= 0.6 is 0 Å². The Balaban J connectivity index is 1.53. The lowest BCUT2D eigenvalue weighted by atomic mass is 10.1. The van der Waals surface area contributed by atoms with Crippen molar-refractivity contribution in [3.05, 3.63) is 64.7 Å². The predicted molar refractivity (Wildman–Crippen MR) is 109 cm³/mol. The van der Waals surface area contributed by atoms with E-state index >= 15 is 0 Å². The van der Waals surface area contributed by atoms with Crippen molar-refractivity contribution in [3.8, 4) is 0 Å². The van der Waals surface area contributed by atoms with Gasteiger partial charge in [-0.1, -0.05) is 17.7 Å². The van der Waals surface area contributed by atoms with Crippen molar-refractivity contribution in [2.24, 2.45) is 0 Å². The summed E-state index contributed by atoms with van der Waals surface area (Å²) in [7, 11) is 0. The first-order valence-electron chi connectivity index (χ1n) is 9.55. The van der Waals surface area contributed by atoms with Crippen LogP contribution in [0.15, 0.2) is 42.5 Å². The monoisotopic (exact) mass is 393 g/mol. The number of rotatable bonds is 7. The van der Waals surface area contributed by atoms with E-state index in [4.69, 9.17) is 0 Å². The van der Waals surface area contributed by atoms with Crippen LogP contribution in [0.2, 0.25) is 0 Å². The van der Waals surface area contributed by atoms with Gasteiger partial charge in [0.05, 0.1) is 11.1 Å². The number of carbonyl (C=O) groups is 4. The Morgan fingerprint density at radius 1 is 1.00 bits per heavy atom. The number of fused-ring (bicyclic) bond motifs is 1. The molecule has 150 valence electrons. The lowest BCUT2D eigenvalue weighted by Crippen LogP contribution is -2.31. The summed E-state index contributed by atoms with van der Waals surface area (Å²) in [6.07, 6.45) is 0.504. The van der Waals surface area contributed by atoms with Gasteiger partial charge in [-0.2, -0.15) is 0 Å². The van der Waals surface area contributed by atoms with E-state index in [1.54, 1.807) is 42.5 Å². The standard InChI is InChI=1S/C22H23N3O4/c1-3-23-20(27)15-6-4-7-16(13-15)24-19(26)8-5-11-25-21(28)17-10-9-14(2)12-18(17)22(25)29/h4,6-7,9-10,12-13H,3,5,8,11H2,1-2H3,(H,23,27)(H,24,26). The number of anilines is 1. The van der Waals surface area contributed by atoms with E-state index in [9.17, 15) is 19.2 Å². The summed E-state index contributed by atoms with van der Waals surface area (Å²) in [6, 6.07) is 11.9. The van der Waals surface area contributed by atoms with E-state index < -0.39 is 0 Å². The molecule has 3 rings (SSSR count). The van der Waals surface area contributed by atoms with Crippen molar-refractivity contribution in [3.63, 3.8) is 0 Å². The Labute approximate surface area is 169 Å². The number of nitrogens with one attached hydrogen (secondary N) is 2. The smallest absolute Gasteiger partial charge is 0.261 e. The summed E-state index contributed by atoms with van der Waals surface area (Å²) in [5, 5.41) is 5.45. The number of carbonyl (C=O) groups excluding carboxylic acids is 4. The first-order valence-corrected chi connectivity index (χ1v) is 9.55. The minimum absolute atomic E-state index is 0.151. The number of amides is 4. The van der Waals surface area contributed by atoms with Crippen LogP contribution < -0.4 is 10.6 Å². The maximum absolute atomic E-state index is 12.4. The third-order valence-corrected chi connectivity index (χ3v) is 4.66. The molecular formula is C22H23N3O4.